The van der Waals surface area contributed by atoms with Crippen LogP contribution in [-0.2, 0) is 4.79 Å². The number of nitrogens with two attached hydrogens (primary N) is 1. The summed E-state index contributed by atoms with van der Waals surface area (Å²) in [5.74, 6) is -1.06. The van der Waals surface area contributed by atoms with Crippen molar-refractivity contribution in [1.82, 2.24) is 0 Å². The predicted molar refractivity (Wildman–Crippen MR) is 43.9 cm³/mol. The molecular formula is C6H6ClNO2S. The topological polar surface area (TPSA) is 63.3 Å². The number of hydrogen-bond acceptors (Lipinski definition) is 3. The van der Waals surface area contributed by atoms with Crippen LogP contribution in [0.15, 0.2) is 11.4 Å². The molecule has 1 aromatic heterocycles. The zero-order chi connectivity index (χ0) is 8.43. The van der Waals surface area contributed by atoms with Crippen LogP contribution in [0.25, 0.3) is 0 Å². The van der Waals surface area contributed by atoms with Gasteiger partial charge in [-0.3, -0.25) is 4.79 Å². The van der Waals surface area contributed by atoms with Crippen molar-refractivity contribution in [1.29, 1.82) is 0 Å². The molecule has 0 aliphatic carbocycles. The Hall–Kier alpha value is -0.580. The molecular weight excluding hydrogens is 186 g/mol. The van der Waals surface area contributed by atoms with E-state index in [0.29, 0.717) is 9.90 Å². The second-order valence-corrected chi connectivity index (χ2v) is 3.48. The second kappa shape index (κ2) is 3.21. The molecule has 0 aliphatic heterocycles. The summed E-state index contributed by atoms with van der Waals surface area (Å²) < 4.78 is 0.444. The summed E-state index contributed by atoms with van der Waals surface area (Å²) >= 11 is 6.93. The average Bonchev–Trinajstić information content (AvgIpc) is 2.33. The lowest BCUT2D eigenvalue weighted by Gasteiger charge is -2.02. The quantitative estimate of drug-likeness (QED) is 0.745. The Kier molecular flexibility index (Phi) is 2.49. The van der Waals surface area contributed by atoms with Crippen molar-refractivity contribution >= 4 is 28.9 Å². The van der Waals surface area contributed by atoms with Gasteiger partial charge in [-0.05, 0) is 11.4 Å². The number of rotatable bonds is 2. The minimum Gasteiger partial charge on any atom is -0.480 e. The molecule has 0 unspecified atom stereocenters. The summed E-state index contributed by atoms with van der Waals surface area (Å²) in [4.78, 5) is 10.4. The van der Waals surface area contributed by atoms with Crippen LogP contribution in [0.5, 0.6) is 0 Å². The molecule has 11 heavy (non-hydrogen) atoms. The highest BCUT2D eigenvalue weighted by molar-refractivity contribution is 7.14. The van der Waals surface area contributed by atoms with Crippen molar-refractivity contribution < 1.29 is 9.90 Å². The normalized spacial score (nSPS) is 12.9. The van der Waals surface area contributed by atoms with Crippen molar-refractivity contribution in [3.05, 3.63) is 21.3 Å². The Bertz CT molecular complexity index is 273. The van der Waals surface area contributed by atoms with E-state index in [2.05, 4.69) is 0 Å². The van der Waals surface area contributed by atoms with Crippen LogP contribution in [0.3, 0.4) is 0 Å². The third-order valence-electron chi connectivity index (χ3n) is 1.25. The third-order valence-corrected chi connectivity index (χ3v) is 2.45. The standard InChI is InChI=1S/C6H6ClNO2S/c7-5-3(1-2-11-5)4(8)6(9)10/h1-2,4H,8H2,(H,9,10)/t4-/m1/s1. The monoisotopic (exact) mass is 191 g/mol. The van der Waals surface area contributed by atoms with Crippen LogP contribution in [0.1, 0.15) is 11.6 Å². The van der Waals surface area contributed by atoms with Crippen LogP contribution >= 0.6 is 22.9 Å². The molecule has 1 atom stereocenters. The van der Waals surface area contributed by atoms with Gasteiger partial charge < -0.3 is 10.8 Å². The van der Waals surface area contributed by atoms with Gasteiger partial charge in [0.25, 0.3) is 0 Å². The number of halogens is 1. The Morgan fingerprint density at radius 2 is 2.45 bits per heavy atom. The maximum atomic E-state index is 10.4. The molecule has 0 saturated carbocycles. The summed E-state index contributed by atoms with van der Waals surface area (Å²) in [7, 11) is 0. The number of carbonyl (C=O) groups is 1. The largest absolute Gasteiger partial charge is 0.480 e. The van der Waals surface area contributed by atoms with E-state index in [0.717, 1.165) is 0 Å². The van der Waals surface area contributed by atoms with Gasteiger partial charge in [0, 0.05) is 5.56 Å². The van der Waals surface area contributed by atoms with Crippen LogP contribution in [-0.4, -0.2) is 11.1 Å². The third kappa shape index (κ3) is 1.71. The lowest BCUT2D eigenvalue weighted by atomic mass is 10.2. The highest BCUT2D eigenvalue weighted by Gasteiger charge is 2.17. The molecule has 0 spiro atoms. The van der Waals surface area contributed by atoms with Crippen LogP contribution < -0.4 is 5.73 Å². The molecule has 3 N–H and O–H groups in total. The van der Waals surface area contributed by atoms with Crippen LogP contribution in [0.4, 0.5) is 0 Å². The maximum Gasteiger partial charge on any atom is 0.325 e. The average molecular weight is 192 g/mol. The highest BCUT2D eigenvalue weighted by Crippen LogP contribution is 2.26. The van der Waals surface area contributed by atoms with Crippen molar-refractivity contribution in [3.8, 4) is 0 Å². The molecule has 0 amide bonds. The molecule has 5 heteroatoms. The summed E-state index contributed by atoms with van der Waals surface area (Å²) in [6.07, 6.45) is 0. The number of hydrogen-bond donors (Lipinski definition) is 2. The highest BCUT2D eigenvalue weighted by atomic mass is 35.5. The number of carboxylic acids is 1. The summed E-state index contributed by atoms with van der Waals surface area (Å²) in [6, 6.07) is 0.611. The molecule has 0 aliphatic rings. The van der Waals surface area contributed by atoms with Crippen molar-refractivity contribution in [3.63, 3.8) is 0 Å². The first-order valence-electron chi connectivity index (χ1n) is 2.84. The van der Waals surface area contributed by atoms with E-state index in [4.69, 9.17) is 22.4 Å². The van der Waals surface area contributed by atoms with E-state index in [1.807, 2.05) is 0 Å². The minimum absolute atomic E-state index is 0.444. The van der Waals surface area contributed by atoms with Gasteiger partial charge >= 0.3 is 5.97 Å². The maximum absolute atomic E-state index is 10.4. The predicted octanol–water partition coefficient (Wildman–Crippen LogP) is 1.49. The van der Waals surface area contributed by atoms with Gasteiger partial charge in [-0.25, -0.2) is 0 Å². The van der Waals surface area contributed by atoms with E-state index >= 15 is 0 Å². The summed E-state index contributed by atoms with van der Waals surface area (Å²) in [5.41, 5.74) is 5.78. The number of aliphatic carboxylic acids is 1. The fourth-order valence-corrected chi connectivity index (χ4v) is 1.66. The van der Waals surface area contributed by atoms with Gasteiger partial charge in [0.05, 0.1) is 4.34 Å². The van der Waals surface area contributed by atoms with Gasteiger partial charge in [0.1, 0.15) is 6.04 Å². The Morgan fingerprint density at radius 3 is 2.82 bits per heavy atom. The van der Waals surface area contributed by atoms with Gasteiger partial charge in [0.15, 0.2) is 0 Å². The SMILES string of the molecule is N[C@@H](C(=O)O)c1ccsc1Cl. The summed E-state index contributed by atoms with van der Waals surface area (Å²) in [6.45, 7) is 0. The van der Waals surface area contributed by atoms with Crippen molar-refractivity contribution in [2.24, 2.45) is 5.73 Å². The molecule has 1 aromatic rings. The molecule has 0 aromatic carbocycles. The number of carboxylic acid groups (broad SMARTS) is 1. The van der Waals surface area contributed by atoms with Gasteiger partial charge in [-0.2, -0.15) is 0 Å². The first-order valence-corrected chi connectivity index (χ1v) is 4.10. The Balaban J connectivity index is 2.92. The summed E-state index contributed by atoms with van der Waals surface area (Å²) in [5, 5.41) is 10.2. The molecule has 1 heterocycles. The van der Waals surface area contributed by atoms with Crippen LogP contribution in [0, 0.1) is 0 Å². The fourth-order valence-electron chi connectivity index (χ4n) is 0.660. The Labute approximate surface area is 72.4 Å². The zero-order valence-corrected chi connectivity index (χ0v) is 7.02. The minimum atomic E-state index is -1.06. The lowest BCUT2D eigenvalue weighted by molar-refractivity contribution is -0.138. The smallest absolute Gasteiger partial charge is 0.325 e. The molecule has 0 fully saturated rings. The molecule has 0 bridgehead atoms. The molecule has 3 nitrogen and oxygen atoms in total. The van der Waals surface area contributed by atoms with Gasteiger partial charge in [-0.15, -0.1) is 11.3 Å². The van der Waals surface area contributed by atoms with E-state index in [9.17, 15) is 4.79 Å². The van der Waals surface area contributed by atoms with Gasteiger partial charge in [0.2, 0.25) is 0 Å². The number of thiophene rings is 1. The van der Waals surface area contributed by atoms with Crippen LogP contribution in [0.2, 0.25) is 4.34 Å². The van der Waals surface area contributed by atoms with Crippen molar-refractivity contribution in [2.45, 2.75) is 6.04 Å². The van der Waals surface area contributed by atoms with E-state index in [1.165, 1.54) is 11.3 Å². The zero-order valence-electron chi connectivity index (χ0n) is 5.45. The van der Waals surface area contributed by atoms with E-state index in [1.54, 1.807) is 11.4 Å². The van der Waals surface area contributed by atoms with E-state index in [-0.39, 0.29) is 0 Å². The fraction of sp³-hybridized carbons (Fsp3) is 0.167. The molecule has 60 valence electrons. The molecule has 0 saturated heterocycles. The van der Waals surface area contributed by atoms with E-state index < -0.39 is 12.0 Å². The van der Waals surface area contributed by atoms with Gasteiger partial charge in [-0.1, -0.05) is 11.6 Å². The second-order valence-electron chi connectivity index (χ2n) is 1.97. The lowest BCUT2D eigenvalue weighted by Crippen LogP contribution is -2.20. The molecule has 0 radical (unpaired) electrons. The molecule has 1 rings (SSSR count). The first kappa shape index (κ1) is 8.52. The van der Waals surface area contributed by atoms with Crippen molar-refractivity contribution in [2.75, 3.05) is 0 Å². The Morgan fingerprint density at radius 1 is 1.82 bits per heavy atom. The first-order chi connectivity index (χ1) is 5.13.